The first-order valence-electron chi connectivity index (χ1n) is 8.51. The van der Waals surface area contributed by atoms with Crippen LogP contribution in [0.5, 0.6) is 5.75 Å². The van der Waals surface area contributed by atoms with E-state index < -0.39 is 23.3 Å². The van der Waals surface area contributed by atoms with Gasteiger partial charge in [-0.05, 0) is 31.5 Å². The third-order valence-electron chi connectivity index (χ3n) is 4.48. The number of nitrogens with zero attached hydrogens (tertiary/aromatic N) is 1. The zero-order valence-corrected chi connectivity index (χ0v) is 15.7. The Morgan fingerprint density at radius 3 is 2.44 bits per heavy atom. The van der Waals surface area contributed by atoms with Crippen molar-refractivity contribution in [3.8, 4) is 11.8 Å². The topological polar surface area (TPSA) is 104 Å². The molecule has 146 valence electrons. The Labute approximate surface area is 157 Å². The number of benzene rings is 1. The van der Waals surface area contributed by atoms with E-state index in [9.17, 15) is 10.1 Å². The Hall–Kier alpha value is -2.79. The highest BCUT2D eigenvalue weighted by Crippen LogP contribution is 2.52. The Balaban J connectivity index is 2.75. The van der Waals surface area contributed by atoms with Crippen LogP contribution in [0.4, 0.5) is 4.39 Å². The van der Waals surface area contributed by atoms with Gasteiger partial charge in [0.15, 0.2) is 0 Å². The summed E-state index contributed by atoms with van der Waals surface area (Å²) in [6.45, 7) is 4.45. The van der Waals surface area contributed by atoms with Crippen molar-refractivity contribution in [2.24, 2.45) is 5.73 Å². The number of carbonyl (C=O) groups excluding carboxylic acids is 1. The summed E-state index contributed by atoms with van der Waals surface area (Å²) >= 11 is 0. The van der Waals surface area contributed by atoms with Gasteiger partial charge in [0.1, 0.15) is 17.4 Å². The number of carbonyl (C=O) groups is 1. The van der Waals surface area contributed by atoms with Crippen molar-refractivity contribution in [1.29, 1.82) is 5.26 Å². The molecule has 1 aliphatic rings. The molecule has 0 spiro atoms. The fraction of sp³-hybridized carbons (Fsp3) is 0.474. The molecule has 0 unspecified atom stereocenters. The maximum absolute atomic E-state index is 16.5. The van der Waals surface area contributed by atoms with Crippen LogP contribution in [0.2, 0.25) is 0 Å². The van der Waals surface area contributed by atoms with Crippen molar-refractivity contribution in [2.75, 3.05) is 20.3 Å². The lowest BCUT2D eigenvalue weighted by Gasteiger charge is -2.47. The van der Waals surface area contributed by atoms with Gasteiger partial charge in [-0.2, -0.15) is 5.26 Å². The van der Waals surface area contributed by atoms with Crippen molar-refractivity contribution in [3.63, 3.8) is 0 Å². The number of allylic oxidation sites excluding steroid dienone is 1. The first-order valence-corrected chi connectivity index (χ1v) is 8.51. The minimum absolute atomic E-state index is 0.0477. The average molecular weight is 378 g/mol. The second kappa shape index (κ2) is 7.84. The number of rotatable bonds is 6. The van der Waals surface area contributed by atoms with Crippen molar-refractivity contribution in [1.82, 2.24) is 0 Å². The number of halogens is 1. The molecule has 2 N–H and O–H groups in total. The van der Waals surface area contributed by atoms with E-state index in [2.05, 4.69) is 0 Å². The molecule has 0 aliphatic carbocycles. The van der Waals surface area contributed by atoms with Crippen LogP contribution in [0, 0.1) is 11.3 Å². The number of methoxy groups -OCH3 is 1. The second-order valence-corrected chi connectivity index (χ2v) is 6.01. The standard InChI is InChI=1S/C19H23FN2O5/c1-5-25-17(23)19(20)15(12-7-9-13(24-4)10-8-12)14(11-21)16(22)27-18(19,3)26-6-2/h7-10,15H,5-6,22H2,1-4H3/t15-,18-,19+/m1/s1. The van der Waals surface area contributed by atoms with Crippen LogP contribution in [0.1, 0.15) is 32.3 Å². The summed E-state index contributed by atoms with van der Waals surface area (Å²) in [7, 11) is 1.49. The summed E-state index contributed by atoms with van der Waals surface area (Å²) in [5, 5.41) is 9.59. The minimum atomic E-state index is -2.85. The summed E-state index contributed by atoms with van der Waals surface area (Å²) in [6.07, 6.45) is 0. The summed E-state index contributed by atoms with van der Waals surface area (Å²) in [6, 6.07) is 8.16. The third-order valence-corrected chi connectivity index (χ3v) is 4.48. The Bertz CT molecular complexity index is 773. The zero-order chi connectivity index (χ0) is 20.2. The van der Waals surface area contributed by atoms with Crippen LogP contribution in [-0.4, -0.2) is 37.7 Å². The van der Waals surface area contributed by atoms with Crippen LogP contribution >= 0.6 is 0 Å². The molecule has 8 heteroatoms. The smallest absolute Gasteiger partial charge is 0.351 e. The molecule has 27 heavy (non-hydrogen) atoms. The second-order valence-electron chi connectivity index (χ2n) is 6.01. The first-order chi connectivity index (χ1) is 12.8. The van der Waals surface area contributed by atoms with Gasteiger partial charge in [-0.25, -0.2) is 9.18 Å². The summed E-state index contributed by atoms with van der Waals surface area (Å²) in [4.78, 5) is 12.7. The Morgan fingerprint density at radius 2 is 1.96 bits per heavy atom. The van der Waals surface area contributed by atoms with Gasteiger partial charge in [-0.3, -0.25) is 0 Å². The third kappa shape index (κ3) is 3.30. The molecule has 0 bridgehead atoms. The monoisotopic (exact) mass is 378 g/mol. The number of nitriles is 1. The molecule has 3 atom stereocenters. The molecule has 1 aromatic rings. The highest BCUT2D eigenvalue weighted by molar-refractivity contribution is 5.84. The highest BCUT2D eigenvalue weighted by Gasteiger charge is 2.68. The number of hydrogen-bond acceptors (Lipinski definition) is 7. The van der Waals surface area contributed by atoms with E-state index in [-0.39, 0.29) is 24.7 Å². The molecular formula is C19H23FN2O5. The molecule has 0 fully saturated rings. The molecule has 0 aromatic heterocycles. The van der Waals surface area contributed by atoms with E-state index in [1.165, 1.54) is 14.0 Å². The summed E-state index contributed by atoms with van der Waals surface area (Å²) < 4.78 is 37.5. The predicted molar refractivity (Wildman–Crippen MR) is 94.1 cm³/mol. The normalized spacial score (nSPS) is 27.5. The van der Waals surface area contributed by atoms with Gasteiger partial charge in [-0.1, -0.05) is 12.1 Å². The fourth-order valence-electron chi connectivity index (χ4n) is 3.20. The van der Waals surface area contributed by atoms with Gasteiger partial charge in [-0.15, -0.1) is 0 Å². The number of esters is 1. The zero-order valence-electron chi connectivity index (χ0n) is 15.7. The number of nitrogens with two attached hydrogens (primary N) is 1. The van der Waals surface area contributed by atoms with Crippen LogP contribution in [0.15, 0.2) is 35.7 Å². The van der Waals surface area contributed by atoms with E-state index in [4.69, 9.17) is 24.7 Å². The largest absolute Gasteiger partial charge is 0.497 e. The molecule has 1 aromatic carbocycles. The predicted octanol–water partition coefficient (Wildman–Crippen LogP) is 2.53. The van der Waals surface area contributed by atoms with Crippen molar-refractivity contribution in [3.05, 3.63) is 41.3 Å². The van der Waals surface area contributed by atoms with E-state index in [0.717, 1.165) is 0 Å². The van der Waals surface area contributed by atoms with Crippen LogP contribution in [0.3, 0.4) is 0 Å². The number of hydrogen-bond donors (Lipinski definition) is 1. The van der Waals surface area contributed by atoms with Crippen LogP contribution in [-0.2, 0) is 19.0 Å². The minimum Gasteiger partial charge on any atom is -0.497 e. The van der Waals surface area contributed by atoms with Gasteiger partial charge in [0.05, 0.1) is 19.6 Å². The van der Waals surface area contributed by atoms with E-state index >= 15 is 4.39 Å². The lowest BCUT2D eigenvalue weighted by molar-refractivity contribution is -0.285. The molecule has 7 nitrogen and oxygen atoms in total. The number of alkyl halides is 1. The Morgan fingerprint density at radius 1 is 1.33 bits per heavy atom. The molecule has 1 aliphatic heterocycles. The SMILES string of the molecule is CCOC(=O)[C@@]1(F)[C@H](c2ccc(OC)cc2)C(C#N)=C(N)O[C@@]1(C)OCC. The molecule has 0 radical (unpaired) electrons. The lowest BCUT2D eigenvalue weighted by Crippen LogP contribution is -2.64. The summed E-state index contributed by atoms with van der Waals surface area (Å²) in [5.74, 6) is -4.41. The maximum atomic E-state index is 16.5. The fourth-order valence-corrected chi connectivity index (χ4v) is 3.20. The van der Waals surface area contributed by atoms with Crippen molar-refractivity contribution < 1.29 is 28.1 Å². The molecule has 0 saturated carbocycles. The number of ether oxygens (including phenoxy) is 4. The van der Waals surface area contributed by atoms with Gasteiger partial charge in [0.25, 0.3) is 11.5 Å². The van der Waals surface area contributed by atoms with E-state index in [0.29, 0.717) is 11.3 Å². The molecular weight excluding hydrogens is 355 g/mol. The van der Waals surface area contributed by atoms with E-state index in [1.54, 1.807) is 38.1 Å². The van der Waals surface area contributed by atoms with Crippen molar-refractivity contribution >= 4 is 5.97 Å². The van der Waals surface area contributed by atoms with Gasteiger partial charge < -0.3 is 24.7 Å². The quantitative estimate of drug-likeness (QED) is 0.759. The molecule has 0 saturated heterocycles. The lowest BCUT2D eigenvalue weighted by atomic mass is 9.72. The van der Waals surface area contributed by atoms with Crippen LogP contribution < -0.4 is 10.5 Å². The van der Waals surface area contributed by atoms with Crippen molar-refractivity contribution in [2.45, 2.75) is 38.1 Å². The first kappa shape index (κ1) is 20.5. The molecule has 1 heterocycles. The van der Waals surface area contributed by atoms with E-state index in [1.807, 2.05) is 6.07 Å². The molecule has 2 rings (SSSR count). The Kier molecular flexibility index (Phi) is 5.96. The van der Waals surface area contributed by atoms with Crippen LogP contribution in [0.25, 0.3) is 0 Å². The van der Waals surface area contributed by atoms with Gasteiger partial charge in [0.2, 0.25) is 5.88 Å². The molecule has 0 amide bonds. The summed E-state index contributed by atoms with van der Waals surface area (Å²) in [5.41, 5.74) is 3.16. The maximum Gasteiger partial charge on any atom is 0.351 e. The highest BCUT2D eigenvalue weighted by atomic mass is 19.1. The average Bonchev–Trinajstić information content (AvgIpc) is 2.64. The van der Waals surface area contributed by atoms with Gasteiger partial charge >= 0.3 is 5.97 Å². The van der Waals surface area contributed by atoms with Gasteiger partial charge in [0, 0.05) is 13.5 Å².